The van der Waals surface area contributed by atoms with Gasteiger partial charge in [0.15, 0.2) is 0 Å². The third kappa shape index (κ3) is 3.91. The number of rotatable bonds is 3. The Morgan fingerprint density at radius 2 is 1.65 bits per heavy atom. The van der Waals surface area contributed by atoms with Crippen LogP contribution in [0.1, 0.15) is 24.4 Å². The summed E-state index contributed by atoms with van der Waals surface area (Å²) in [6.45, 7) is 5.91. The first-order valence-corrected chi connectivity index (χ1v) is 8.67. The van der Waals surface area contributed by atoms with E-state index in [0.717, 1.165) is 31.7 Å². The summed E-state index contributed by atoms with van der Waals surface area (Å²) in [5.41, 5.74) is 7.05. The van der Waals surface area contributed by atoms with Gasteiger partial charge < -0.3 is 15.5 Å². The fraction of sp³-hybridized carbons (Fsp3) is 0.611. The van der Waals surface area contributed by atoms with Gasteiger partial charge in [0.1, 0.15) is 6.04 Å². The third-order valence-corrected chi connectivity index (χ3v) is 5.26. The third-order valence-electron chi connectivity index (χ3n) is 5.26. The zero-order valence-electron chi connectivity index (χ0n) is 14.0. The molecule has 0 unspecified atom stereocenters. The summed E-state index contributed by atoms with van der Waals surface area (Å²) in [5, 5.41) is 0. The Morgan fingerprint density at radius 1 is 1.04 bits per heavy atom. The van der Waals surface area contributed by atoms with Crippen molar-refractivity contribution >= 4 is 5.91 Å². The quantitative estimate of drug-likeness (QED) is 0.901. The molecule has 2 N–H and O–H groups in total. The summed E-state index contributed by atoms with van der Waals surface area (Å²) >= 11 is 0. The lowest BCUT2D eigenvalue weighted by atomic mass is 10.0. The van der Waals surface area contributed by atoms with Crippen LogP contribution in [-0.4, -0.2) is 73.0 Å². The second-order valence-electron chi connectivity index (χ2n) is 6.78. The van der Waals surface area contributed by atoms with Crippen molar-refractivity contribution in [3.63, 3.8) is 0 Å². The van der Waals surface area contributed by atoms with Crippen molar-refractivity contribution in [2.45, 2.75) is 24.9 Å². The minimum Gasteiger partial charge on any atom is -0.338 e. The van der Waals surface area contributed by atoms with Crippen molar-refractivity contribution in [3.8, 4) is 0 Å². The number of hydrogen-bond acceptors (Lipinski definition) is 4. The van der Waals surface area contributed by atoms with Gasteiger partial charge in [-0.1, -0.05) is 30.3 Å². The average Bonchev–Trinajstić information content (AvgIpc) is 2.62. The van der Waals surface area contributed by atoms with Crippen molar-refractivity contribution in [2.75, 3.05) is 46.3 Å². The molecule has 126 valence electrons. The Hall–Kier alpha value is -1.43. The number of carbonyl (C=O) groups is 1. The highest BCUT2D eigenvalue weighted by Gasteiger charge is 2.30. The van der Waals surface area contributed by atoms with Gasteiger partial charge in [-0.05, 0) is 38.5 Å². The molecule has 3 rings (SSSR count). The van der Waals surface area contributed by atoms with E-state index in [0.29, 0.717) is 6.04 Å². The van der Waals surface area contributed by atoms with Gasteiger partial charge in [0.2, 0.25) is 5.91 Å². The maximum absolute atomic E-state index is 12.6. The lowest BCUT2D eigenvalue weighted by Gasteiger charge is -2.42. The standard InChI is InChI=1S/C18H28N4O/c1-20-9-7-16(8-10-20)21-11-13-22(14-12-21)18(23)17(19)15-5-3-2-4-6-15/h2-6,16-17H,7-14,19H2,1H3/t17-/m1/s1. The predicted octanol–water partition coefficient (Wildman–Crippen LogP) is 0.925. The molecule has 2 heterocycles. The van der Waals surface area contributed by atoms with Crippen LogP contribution >= 0.6 is 0 Å². The molecular formula is C18H28N4O. The van der Waals surface area contributed by atoms with Crippen LogP contribution < -0.4 is 5.73 Å². The van der Waals surface area contributed by atoms with Gasteiger partial charge in [0, 0.05) is 32.2 Å². The number of piperidine rings is 1. The molecule has 0 spiro atoms. The van der Waals surface area contributed by atoms with Crippen molar-refractivity contribution in [2.24, 2.45) is 5.73 Å². The van der Waals surface area contributed by atoms with E-state index < -0.39 is 6.04 Å². The molecule has 1 atom stereocenters. The van der Waals surface area contributed by atoms with Gasteiger partial charge in [-0.3, -0.25) is 9.69 Å². The number of carbonyl (C=O) groups excluding carboxylic acids is 1. The van der Waals surface area contributed by atoms with E-state index in [1.54, 1.807) is 0 Å². The molecule has 0 aromatic heterocycles. The molecule has 2 fully saturated rings. The Labute approximate surface area is 139 Å². The first-order chi connectivity index (χ1) is 11.1. The van der Waals surface area contributed by atoms with Crippen molar-refractivity contribution in [3.05, 3.63) is 35.9 Å². The number of amides is 1. The zero-order valence-corrected chi connectivity index (χ0v) is 14.0. The SMILES string of the molecule is CN1CCC(N2CCN(C(=O)[C@H](N)c3ccccc3)CC2)CC1. The molecule has 5 nitrogen and oxygen atoms in total. The van der Waals surface area contributed by atoms with E-state index in [9.17, 15) is 4.79 Å². The lowest BCUT2D eigenvalue weighted by Crippen LogP contribution is -2.55. The van der Waals surface area contributed by atoms with E-state index >= 15 is 0 Å². The topological polar surface area (TPSA) is 52.8 Å². The van der Waals surface area contributed by atoms with Gasteiger partial charge in [0.25, 0.3) is 0 Å². The van der Waals surface area contributed by atoms with Gasteiger partial charge in [0.05, 0.1) is 0 Å². The van der Waals surface area contributed by atoms with Gasteiger partial charge in [-0.15, -0.1) is 0 Å². The first-order valence-electron chi connectivity index (χ1n) is 8.67. The summed E-state index contributed by atoms with van der Waals surface area (Å²) in [6.07, 6.45) is 2.49. The Bertz CT molecular complexity index is 505. The number of piperazine rings is 1. The van der Waals surface area contributed by atoms with E-state index in [4.69, 9.17) is 5.73 Å². The predicted molar refractivity (Wildman–Crippen MR) is 92.0 cm³/mol. The number of nitrogens with two attached hydrogens (primary N) is 1. The van der Waals surface area contributed by atoms with Crippen LogP contribution in [0.5, 0.6) is 0 Å². The number of likely N-dealkylation sites (tertiary alicyclic amines) is 1. The maximum atomic E-state index is 12.6. The van der Waals surface area contributed by atoms with E-state index in [1.807, 2.05) is 35.2 Å². The summed E-state index contributed by atoms with van der Waals surface area (Å²) in [4.78, 5) is 19.5. The molecule has 23 heavy (non-hydrogen) atoms. The molecule has 0 bridgehead atoms. The lowest BCUT2D eigenvalue weighted by molar-refractivity contribution is -0.135. The van der Waals surface area contributed by atoms with E-state index in [-0.39, 0.29) is 5.91 Å². The van der Waals surface area contributed by atoms with Crippen molar-refractivity contribution < 1.29 is 4.79 Å². The van der Waals surface area contributed by atoms with Gasteiger partial charge in [-0.25, -0.2) is 0 Å². The summed E-state index contributed by atoms with van der Waals surface area (Å²) in [5.74, 6) is 0.0548. The molecule has 0 radical (unpaired) electrons. The highest BCUT2D eigenvalue weighted by molar-refractivity contribution is 5.83. The summed E-state index contributed by atoms with van der Waals surface area (Å²) < 4.78 is 0. The number of benzene rings is 1. The van der Waals surface area contributed by atoms with E-state index in [2.05, 4.69) is 16.8 Å². The molecule has 1 aromatic carbocycles. The molecule has 1 aromatic rings. The van der Waals surface area contributed by atoms with Crippen molar-refractivity contribution in [1.82, 2.24) is 14.7 Å². The van der Waals surface area contributed by atoms with Gasteiger partial charge >= 0.3 is 0 Å². The minimum absolute atomic E-state index is 0.0548. The van der Waals surface area contributed by atoms with Crippen LogP contribution in [0.15, 0.2) is 30.3 Å². The van der Waals surface area contributed by atoms with E-state index in [1.165, 1.54) is 25.9 Å². The fourth-order valence-corrected chi connectivity index (χ4v) is 3.67. The Kier molecular flexibility index (Phi) is 5.30. The Balaban J connectivity index is 1.51. The number of hydrogen-bond donors (Lipinski definition) is 1. The molecule has 5 heteroatoms. The average molecular weight is 316 g/mol. The van der Waals surface area contributed by atoms with Crippen LogP contribution in [0.2, 0.25) is 0 Å². The smallest absolute Gasteiger partial charge is 0.244 e. The van der Waals surface area contributed by atoms with Crippen LogP contribution in [0.3, 0.4) is 0 Å². The van der Waals surface area contributed by atoms with Gasteiger partial charge in [-0.2, -0.15) is 0 Å². The Morgan fingerprint density at radius 3 is 2.26 bits per heavy atom. The fourth-order valence-electron chi connectivity index (χ4n) is 3.67. The summed E-state index contributed by atoms with van der Waals surface area (Å²) in [7, 11) is 2.19. The minimum atomic E-state index is -0.536. The second kappa shape index (κ2) is 7.43. The molecule has 0 saturated carbocycles. The molecule has 2 aliphatic heterocycles. The number of nitrogens with zero attached hydrogens (tertiary/aromatic N) is 3. The van der Waals surface area contributed by atoms with Crippen LogP contribution in [0.25, 0.3) is 0 Å². The van der Waals surface area contributed by atoms with Crippen molar-refractivity contribution in [1.29, 1.82) is 0 Å². The van der Waals surface area contributed by atoms with Crippen LogP contribution in [-0.2, 0) is 4.79 Å². The molecule has 0 aliphatic carbocycles. The molecular weight excluding hydrogens is 288 g/mol. The largest absolute Gasteiger partial charge is 0.338 e. The second-order valence-corrected chi connectivity index (χ2v) is 6.78. The monoisotopic (exact) mass is 316 g/mol. The normalized spacial score (nSPS) is 23.0. The molecule has 2 saturated heterocycles. The zero-order chi connectivity index (χ0) is 16.2. The highest BCUT2D eigenvalue weighted by atomic mass is 16.2. The molecule has 2 aliphatic rings. The molecule has 1 amide bonds. The highest BCUT2D eigenvalue weighted by Crippen LogP contribution is 2.19. The summed E-state index contributed by atoms with van der Waals surface area (Å²) in [6, 6.07) is 9.81. The maximum Gasteiger partial charge on any atom is 0.244 e. The van der Waals surface area contributed by atoms with Crippen LogP contribution in [0.4, 0.5) is 0 Å². The first kappa shape index (κ1) is 16.4. The van der Waals surface area contributed by atoms with Crippen LogP contribution in [0, 0.1) is 0 Å².